The fraction of sp³-hybridized carbons (Fsp3) is 0.0588. The molecule has 0 radical (unpaired) electrons. The van der Waals surface area contributed by atoms with Gasteiger partial charge >= 0.3 is 0 Å². The minimum absolute atomic E-state index is 0.0649. The van der Waals surface area contributed by atoms with Crippen LogP contribution in [0.5, 0.6) is 0 Å². The Morgan fingerprint density at radius 2 is 2.04 bits per heavy atom. The van der Waals surface area contributed by atoms with Crippen LogP contribution in [-0.4, -0.2) is 16.1 Å². The minimum atomic E-state index is -0.419. The molecule has 2 aromatic carbocycles. The standard InChI is InChI=1S/C17H14N4O2S/c1-12-3-2-4-13(9-12)10-18-20-17-19-16(11-24-17)14-5-7-15(8-6-14)21(22)23/h2-11H,1H3,(H,19,20)/b18-10+. The molecular weight excluding hydrogens is 324 g/mol. The van der Waals surface area contributed by atoms with E-state index in [9.17, 15) is 10.1 Å². The number of aryl methyl sites for hydroxylation is 1. The summed E-state index contributed by atoms with van der Waals surface area (Å²) in [5, 5.41) is 17.4. The number of benzene rings is 2. The van der Waals surface area contributed by atoms with Crippen LogP contribution >= 0.6 is 11.3 Å². The molecule has 0 aliphatic heterocycles. The molecule has 0 fully saturated rings. The van der Waals surface area contributed by atoms with Crippen molar-refractivity contribution in [3.63, 3.8) is 0 Å². The second kappa shape index (κ2) is 7.01. The molecule has 24 heavy (non-hydrogen) atoms. The Morgan fingerprint density at radius 3 is 2.75 bits per heavy atom. The largest absolute Gasteiger partial charge is 0.269 e. The van der Waals surface area contributed by atoms with E-state index in [0.29, 0.717) is 5.13 Å². The number of hydrogen-bond acceptors (Lipinski definition) is 6. The van der Waals surface area contributed by atoms with E-state index in [-0.39, 0.29) is 5.69 Å². The van der Waals surface area contributed by atoms with Crippen LogP contribution in [0.4, 0.5) is 10.8 Å². The monoisotopic (exact) mass is 338 g/mol. The van der Waals surface area contributed by atoms with Crippen LogP contribution in [0.3, 0.4) is 0 Å². The van der Waals surface area contributed by atoms with Crippen molar-refractivity contribution in [3.05, 3.63) is 75.2 Å². The predicted octanol–water partition coefficient (Wildman–Crippen LogP) is 4.47. The maximum atomic E-state index is 10.7. The molecular formula is C17H14N4O2S. The van der Waals surface area contributed by atoms with E-state index >= 15 is 0 Å². The average molecular weight is 338 g/mol. The SMILES string of the molecule is Cc1cccc(/C=N/Nc2nc(-c3ccc([N+](=O)[O-])cc3)cs2)c1. The van der Waals surface area contributed by atoms with Crippen molar-refractivity contribution in [3.8, 4) is 11.3 Å². The molecule has 0 saturated carbocycles. The first-order chi connectivity index (χ1) is 11.6. The van der Waals surface area contributed by atoms with Crippen LogP contribution in [0, 0.1) is 17.0 Å². The lowest BCUT2D eigenvalue weighted by Crippen LogP contribution is -1.90. The third-order valence-corrected chi connectivity index (χ3v) is 4.04. The number of nitrogens with zero attached hydrogens (tertiary/aromatic N) is 3. The summed E-state index contributed by atoms with van der Waals surface area (Å²) in [5.41, 5.74) is 6.73. The van der Waals surface area contributed by atoms with E-state index in [0.717, 1.165) is 16.8 Å². The second-order valence-corrected chi connectivity index (χ2v) is 5.98. The smallest absolute Gasteiger partial charge is 0.258 e. The van der Waals surface area contributed by atoms with Gasteiger partial charge in [-0.15, -0.1) is 11.3 Å². The fourth-order valence-electron chi connectivity index (χ4n) is 2.12. The topological polar surface area (TPSA) is 80.4 Å². The zero-order valence-corrected chi connectivity index (χ0v) is 13.7. The number of nitro groups is 1. The molecule has 0 spiro atoms. The maximum Gasteiger partial charge on any atom is 0.269 e. The van der Waals surface area contributed by atoms with Crippen molar-refractivity contribution in [1.82, 2.24) is 4.98 Å². The Morgan fingerprint density at radius 1 is 1.25 bits per heavy atom. The molecule has 120 valence electrons. The fourth-order valence-corrected chi connectivity index (χ4v) is 2.79. The van der Waals surface area contributed by atoms with Crippen LogP contribution in [0.1, 0.15) is 11.1 Å². The Balaban J connectivity index is 1.68. The van der Waals surface area contributed by atoms with Crippen molar-refractivity contribution in [1.29, 1.82) is 0 Å². The van der Waals surface area contributed by atoms with E-state index in [1.807, 2.05) is 36.6 Å². The number of nitrogens with one attached hydrogen (secondary N) is 1. The van der Waals surface area contributed by atoms with Gasteiger partial charge in [0.1, 0.15) is 0 Å². The number of non-ortho nitro benzene ring substituents is 1. The number of hydrazone groups is 1. The van der Waals surface area contributed by atoms with Crippen molar-refractivity contribution in [2.24, 2.45) is 5.10 Å². The van der Waals surface area contributed by atoms with Gasteiger partial charge in [-0.1, -0.05) is 29.8 Å². The van der Waals surface area contributed by atoms with E-state index in [1.165, 1.54) is 29.0 Å². The first-order valence-electron chi connectivity index (χ1n) is 7.18. The van der Waals surface area contributed by atoms with Gasteiger partial charge in [0, 0.05) is 23.1 Å². The van der Waals surface area contributed by atoms with Gasteiger partial charge in [0.25, 0.3) is 5.69 Å². The van der Waals surface area contributed by atoms with Gasteiger partial charge in [-0.3, -0.25) is 15.5 Å². The van der Waals surface area contributed by atoms with Gasteiger partial charge in [0.05, 0.1) is 16.8 Å². The first-order valence-corrected chi connectivity index (χ1v) is 8.06. The lowest BCUT2D eigenvalue weighted by atomic mass is 10.1. The molecule has 1 heterocycles. The number of aromatic nitrogens is 1. The summed E-state index contributed by atoms with van der Waals surface area (Å²) in [6.45, 7) is 2.03. The molecule has 1 aromatic heterocycles. The number of anilines is 1. The average Bonchev–Trinajstić information content (AvgIpc) is 3.04. The molecule has 0 atom stereocenters. The summed E-state index contributed by atoms with van der Waals surface area (Å²) in [6.07, 6.45) is 1.74. The summed E-state index contributed by atoms with van der Waals surface area (Å²) >= 11 is 1.42. The summed E-state index contributed by atoms with van der Waals surface area (Å²) in [6, 6.07) is 14.3. The molecule has 0 aliphatic carbocycles. The van der Waals surface area contributed by atoms with Gasteiger partial charge in [0.15, 0.2) is 0 Å². The van der Waals surface area contributed by atoms with Crippen LogP contribution in [0.2, 0.25) is 0 Å². The Kier molecular flexibility index (Phi) is 4.62. The summed E-state index contributed by atoms with van der Waals surface area (Å²) in [7, 11) is 0. The highest BCUT2D eigenvalue weighted by Gasteiger charge is 2.07. The highest BCUT2D eigenvalue weighted by Crippen LogP contribution is 2.26. The van der Waals surface area contributed by atoms with Crippen LogP contribution < -0.4 is 5.43 Å². The molecule has 6 nitrogen and oxygen atoms in total. The number of thiazole rings is 1. The van der Waals surface area contributed by atoms with Gasteiger partial charge in [-0.2, -0.15) is 5.10 Å². The molecule has 0 unspecified atom stereocenters. The predicted molar refractivity (Wildman–Crippen MR) is 96.6 cm³/mol. The molecule has 0 amide bonds. The van der Waals surface area contributed by atoms with E-state index < -0.39 is 4.92 Å². The Hall–Kier alpha value is -3.06. The number of hydrogen-bond donors (Lipinski definition) is 1. The maximum absolute atomic E-state index is 10.7. The third-order valence-electron chi connectivity index (χ3n) is 3.29. The van der Waals surface area contributed by atoms with Gasteiger partial charge in [0.2, 0.25) is 5.13 Å². The quantitative estimate of drug-likeness (QED) is 0.423. The highest BCUT2D eigenvalue weighted by molar-refractivity contribution is 7.14. The normalized spacial score (nSPS) is 10.9. The molecule has 1 N–H and O–H groups in total. The summed E-state index contributed by atoms with van der Waals surface area (Å²) in [5.74, 6) is 0. The second-order valence-electron chi connectivity index (χ2n) is 5.13. The van der Waals surface area contributed by atoms with Crippen molar-refractivity contribution < 1.29 is 4.92 Å². The van der Waals surface area contributed by atoms with Crippen molar-refractivity contribution in [2.75, 3.05) is 5.43 Å². The molecule has 3 aromatic rings. The molecule has 7 heteroatoms. The van der Waals surface area contributed by atoms with E-state index in [1.54, 1.807) is 18.3 Å². The summed E-state index contributed by atoms with van der Waals surface area (Å²) in [4.78, 5) is 14.7. The zero-order chi connectivity index (χ0) is 16.9. The molecule has 0 aliphatic rings. The lowest BCUT2D eigenvalue weighted by Gasteiger charge is -1.97. The number of nitro benzene ring substituents is 1. The van der Waals surface area contributed by atoms with Crippen molar-refractivity contribution >= 4 is 28.4 Å². The van der Waals surface area contributed by atoms with Gasteiger partial charge in [-0.05, 0) is 24.6 Å². The third kappa shape index (κ3) is 3.82. The van der Waals surface area contributed by atoms with E-state index in [4.69, 9.17) is 0 Å². The molecule has 3 rings (SSSR count). The van der Waals surface area contributed by atoms with Crippen LogP contribution in [0.25, 0.3) is 11.3 Å². The Bertz CT molecular complexity index is 888. The highest BCUT2D eigenvalue weighted by atomic mass is 32.1. The zero-order valence-electron chi connectivity index (χ0n) is 12.8. The van der Waals surface area contributed by atoms with Crippen LogP contribution in [0.15, 0.2) is 59.0 Å². The minimum Gasteiger partial charge on any atom is -0.258 e. The van der Waals surface area contributed by atoms with Crippen molar-refractivity contribution in [2.45, 2.75) is 6.92 Å². The Labute approximate surface area is 142 Å². The van der Waals surface area contributed by atoms with E-state index in [2.05, 4.69) is 15.5 Å². The number of rotatable bonds is 5. The van der Waals surface area contributed by atoms with Crippen LogP contribution in [-0.2, 0) is 0 Å². The molecule has 0 bridgehead atoms. The molecule has 0 saturated heterocycles. The first kappa shape index (κ1) is 15.8. The summed E-state index contributed by atoms with van der Waals surface area (Å²) < 4.78 is 0. The lowest BCUT2D eigenvalue weighted by molar-refractivity contribution is -0.384. The van der Waals surface area contributed by atoms with Gasteiger partial charge < -0.3 is 0 Å². The van der Waals surface area contributed by atoms with Gasteiger partial charge in [-0.25, -0.2) is 4.98 Å².